The van der Waals surface area contributed by atoms with Crippen molar-refractivity contribution in [3.05, 3.63) is 29.6 Å². The number of benzene rings is 1. The summed E-state index contributed by atoms with van der Waals surface area (Å²) in [5.41, 5.74) is 0.942. The molecule has 1 aromatic rings. The van der Waals surface area contributed by atoms with Crippen LogP contribution in [0, 0.1) is 12.7 Å². The standard InChI is InChI=1S/C11H15FO3.C4H9BrO2/c1-8-4-5-9(12)10(6-8)15-7-11(13-2)14-3;1-6-4(3-5)7-2/h4-6,11H,7H2,1-3H3;4H,3H2,1-2H3. The van der Waals surface area contributed by atoms with Gasteiger partial charge in [0.05, 0.1) is 5.33 Å². The lowest BCUT2D eigenvalue weighted by molar-refractivity contribution is -0.122. The monoisotopic (exact) mass is 382 g/mol. The summed E-state index contributed by atoms with van der Waals surface area (Å²) in [6, 6.07) is 4.70. The minimum atomic E-state index is -0.482. The highest BCUT2D eigenvalue weighted by Crippen LogP contribution is 2.18. The van der Waals surface area contributed by atoms with Crippen molar-refractivity contribution in [1.29, 1.82) is 0 Å². The highest BCUT2D eigenvalue weighted by atomic mass is 79.9. The molecule has 0 spiro atoms. The summed E-state index contributed by atoms with van der Waals surface area (Å²) < 4.78 is 37.9. The SMILES string of the molecule is COC(CBr)OC.COC(COc1cc(C)ccc1F)OC. The van der Waals surface area contributed by atoms with Crippen LogP contribution in [0.15, 0.2) is 18.2 Å². The van der Waals surface area contributed by atoms with E-state index in [2.05, 4.69) is 15.9 Å². The maximum absolute atomic E-state index is 13.2. The summed E-state index contributed by atoms with van der Waals surface area (Å²) in [5.74, 6) is -0.166. The van der Waals surface area contributed by atoms with Gasteiger partial charge in [0.1, 0.15) is 6.61 Å². The molecule has 0 saturated carbocycles. The highest BCUT2D eigenvalue weighted by Gasteiger charge is 2.08. The van der Waals surface area contributed by atoms with E-state index in [0.29, 0.717) is 0 Å². The van der Waals surface area contributed by atoms with Gasteiger partial charge >= 0.3 is 0 Å². The molecule has 0 heterocycles. The zero-order chi connectivity index (χ0) is 17.0. The summed E-state index contributed by atoms with van der Waals surface area (Å²) in [7, 11) is 6.22. The van der Waals surface area contributed by atoms with Crippen LogP contribution < -0.4 is 4.74 Å². The summed E-state index contributed by atoms with van der Waals surface area (Å²) in [6.45, 7) is 2.03. The maximum Gasteiger partial charge on any atom is 0.191 e. The van der Waals surface area contributed by atoms with E-state index in [-0.39, 0.29) is 24.5 Å². The van der Waals surface area contributed by atoms with Crippen LogP contribution in [-0.2, 0) is 18.9 Å². The van der Waals surface area contributed by atoms with Gasteiger partial charge in [0.25, 0.3) is 0 Å². The van der Waals surface area contributed by atoms with Crippen molar-refractivity contribution in [3.8, 4) is 5.75 Å². The second-order valence-corrected chi connectivity index (χ2v) is 4.85. The van der Waals surface area contributed by atoms with Gasteiger partial charge in [0.15, 0.2) is 24.1 Å². The number of methoxy groups -OCH3 is 4. The molecule has 5 nitrogen and oxygen atoms in total. The normalized spacial score (nSPS) is 10.6. The molecule has 0 aliphatic carbocycles. The smallest absolute Gasteiger partial charge is 0.191 e. The van der Waals surface area contributed by atoms with Crippen LogP contribution in [0.5, 0.6) is 5.75 Å². The Bertz CT molecular complexity index is 392. The number of rotatable bonds is 8. The molecular formula is C15H24BrFO5. The van der Waals surface area contributed by atoms with Gasteiger partial charge in [0, 0.05) is 28.4 Å². The molecule has 7 heteroatoms. The molecule has 0 aliphatic heterocycles. The first-order chi connectivity index (χ1) is 10.5. The Morgan fingerprint density at radius 3 is 1.95 bits per heavy atom. The molecule has 0 unspecified atom stereocenters. The van der Waals surface area contributed by atoms with Gasteiger partial charge in [0.2, 0.25) is 0 Å². The summed E-state index contributed by atoms with van der Waals surface area (Å²) in [5, 5.41) is 0.722. The zero-order valence-corrected chi connectivity index (χ0v) is 15.2. The predicted octanol–water partition coefficient (Wildman–Crippen LogP) is 3.13. The maximum atomic E-state index is 13.2. The van der Waals surface area contributed by atoms with E-state index in [0.717, 1.165) is 10.9 Å². The fourth-order valence-corrected chi connectivity index (χ4v) is 1.86. The summed E-state index contributed by atoms with van der Waals surface area (Å²) in [6.07, 6.45) is -0.579. The Morgan fingerprint density at radius 1 is 1.00 bits per heavy atom. The average Bonchev–Trinajstić information content (AvgIpc) is 2.54. The van der Waals surface area contributed by atoms with E-state index < -0.39 is 6.29 Å². The lowest BCUT2D eigenvalue weighted by Gasteiger charge is -2.14. The Labute approximate surface area is 139 Å². The second-order valence-electron chi connectivity index (χ2n) is 4.20. The van der Waals surface area contributed by atoms with E-state index in [9.17, 15) is 4.39 Å². The van der Waals surface area contributed by atoms with Gasteiger partial charge < -0.3 is 23.7 Å². The molecule has 0 atom stereocenters. The van der Waals surface area contributed by atoms with Gasteiger partial charge in [-0.3, -0.25) is 0 Å². The highest BCUT2D eigenvalue weighted by molar-refractivity contribution is 9.09. The molecule has 0 radical (unpaired) electrons. The topological polar surface area (TPSA) is 46.2 Å². The van der Waals surface area contributed by atoms with Crippen molar-refractivity contribution in [2.75, 3.05) is 40.4 Å². The first-order valence-electron chi connectivity index (χ1n) is 6.58. The quantitative estimate of drug-likeness (QED) is 0.510. The van der Waals surface area contributed by atoms with Crippen molar-refractivity contribution in [1.82, 2.24) is 0 Å². The van der Waals surface area contributed by atoms with E-state index in [1.807, 2.05) is 6.92 Å². The Balaban J connectivity index is 0.000000534. The molecule has 22 heavy (non-hydrogen) atoms. The third-order valence-electron chi connectivity index (χ3n) is 2.64. The molecule has 128 valence electrons. The molecule has 1 rings (SSSR count). The van der Waals surface area contributed by atoms with Gasteiger partial charge in [-0.05, 0) is 24.6 Å². The van der Waals surface area contributed by atoms with Gasteiger partial charge in [-0.25, -0.2) is 4.39 Å². The van der Waals surface area contributed by atoms with E-state index in [4.69, 9.17) is 23.7 Å². The lowest BCUT2D eigenvalue weighted by atomic mass is 10.2. The number of hydrogen-bond acceptors (Lipinski definition) is 5. The number of aryl methyl sites for hydroxylation is 1. The van der Waals surface area contributed by atoms with E-state index in [1.54, 1.807) is 26.4 Å². The Morgan fingerprint density at radius 2 is 1.55 bits per heavy atom. The molecule has 1 aromatic carbocycles. The van der Waals surface area contributed by atoms with E-state index in [1.165, 1.54) is 20.3 Å². The van der Waals surface area contributed by atoms with Gasteiger partial charge in [-0.2, -0.15) is 0 Å². The minimum absolute atomic E-state index is 0.0972. The molecule has 0 amide bonds. The second kappa shape index (κ2) is 12.8. The van der Waals surface area contributed by atoms with Crippen molar-refractivity contribution < 1.29 is 28.1 Å². The van der Waals surface area contributed by atoms with Crippen molar-refractivity contribution in [2.45, 2.75) is 19.5 Å². The first kappa shape index (κ1) is 21.3. The van der Waals surface area contributed by atoms with Crippen LogP contribution in [0.25, 0.3) is 0 Å². The van der Waals surface area contributed by atoms with Crippen LogP contribution in [0.3, 0.4) is 0 Å². The third-order valence-corrected chi connectivity index (χ3v) is 3.17. The van der Waals surface area contributed by atoms with Crippen LogP contribution in [-0.4, -0.2) is 53.0 Å². The Hall–Kier alpha value is -0.730. The molecule has 0 aliphatic rings. The first-order valence-corrected chi connectivity index (χ1v) is 7.70. The average molecular weight is 383 g/mol. The van der Waals surface area contributed by atoms with Crippen LogP contribution in [0.1, 0.15) is 5.56 Å². The van der Waals surface area contributed by atoms with Crippen molar-refractivity contribution >= 4 is 15.9 Å². The summed E-state index contributed by atoms with van der Waals surface area (Å²) >= 11 is 3.19. The summed E-state index contributed by atoms with van der Waals surface area (Å²) in [4.78, 5) is 0. The van der Waals surface area contributed by atoms with Gasteiger partial charge in [-0.1, -0.05) is 22.0 Å². The van der Waals surface area contributed by atoms with Crippen LogP contribution in [0.2, 0.25) is 0 Å². The molecule has 0 aromatic heterocycles. The Kier molecular flexibility index (Phi) is 12.4. The number of halogens is 2. The van der Waals surface area contributed by atoms with Crippen LogP contribution >= 0.6 is 15.9 Å². The van der Waals surface area contributed by atoms with Crippen LogP contribution in [0.4, 0.5) is 4.39 Å². The minimum Gasteiger partial charge on any atom is -0.485 e. The molecule has 0 bridgehead atoms. The molecule has 0 N–H and O–H groups in total. The zero-order valence-electron chi connectivity index (χ0n) is 13.6. The lowest BCUT2D eigenvalue weighted by Crippen LogP contribution is -2.22. The molecule has 0 fully saturated rings. The fraction of sp³-hybridized carbons (Fsp3) is 0.600. The molecular weight excluding hydrogens is 359 g/mol. The number of alkyl halides is 1. The number of ether oxygens (including phenoxy) is 5. The fourth-order valence-electron chi connectivity index (χ4n) is 1.33. The number of hydrogen-bond donors (Lipinski definition) is 0. The van der Waals surface area contributed by atoms with Crippen molar-refractivity contribution in [2.24, 2.45) is 0 Å². The van der Waals surface area contributed by atoms with Crippen molar-refractivity contribution in [3.63, 3.8) is 0 Å². The molecule has 0 saturated heterocycles. The van der Waals surface area contributed by atoms with E-state index >= 15 is 0 Å². The third kappa shape index (κ3) is 8.65. The predicted molar refractivity (Wildman–Crippen MR) is 86.0 cm³/mol. The van der Waals surface area contributed by atoms with Gasteiger partial charge in [-0.15, -0.1) is 0 Å². The largest absolute Gasteiger partial charge is 0.485 e.